The van der Waals surface area contributed by atoms with Crippen molar-refractivity contribution in [2.24, 2.45) is 5.73 Å². The van der Waals surface area contributed by atoms with E-state index in [9.17, 15) is 0 Å². The normalized spacial score (nSPS) is 10.5. The lowest BCUT2D eigenvalue weighted by Crippen LogP contribution is -2.06. The minimum atomic E-state index is 0.569. The monoisotopic (exact) mass is 194 g/mol. The van der Waals surface area contributed by atoms with E-state index in [4.69, 9.17) is 5.73 Å². The minimum Gasteiger partial charge on any atom is -0.345 e. The molecule has 68 valence electrons. The van der Waals surface area contributed by atoms with E-state index in [0.717, 1.165) is 17.1 Å². The fourth-order valence-corrected chi connectivity index (χ4v) is 1.70. The van der Waals surface area contributed by atoms with Gasteiger partial charge in [0.1, 0.15) is 0 Å². The van der Waals surface area contributed by atoms with Crippen LogP contribution in [0.15, 0.2) is 24.5 Å². The SMILES string of the molecule is NCc1cccn1Cc1cnns1. The molecular weight excluding hydrogens is 184 g/mol. The summed E-state index contributed by atoms with van der Waals surface area (Å²) in [5.41, 5.74) is 6.71. The Labute approximate surface area is 80.2 Å². The molecule has 0 amide bonds. The predicted molar refractivity (Wildman–Crippen MR) is 51.3 cm³/mol. The summed E-state index contributed by atoms with van der Waals surface area (Å²) in [4.78, 5) is 1.14. The van der Waals surface area contributed by atoms with Crippen LogP contribution in [-0.2, 0) is 13.1 Å². The van der Waals surface area contributed by atoms with Gasteiger partial charge >= 0.3 is 0 Å². The molecule has 0 aliphatic rings. The van der Waals surface area contributed by atoms with Crippen molar-refractivity contribution in [3.63, 3.8) is 0 Å². The van der Waals surface area contributed by atoms with Crippen LogP contribution in [0.5, 0.6) is 0 Å². The molecule has 0 unspecified atom stereocenters. The molecule has 0 radical (unpaired) electrons. The molecule has 0 atom stereocenters. The van der Waals surface area contributed by atoms with Crippen LogP contribution in [0.3, 0.4) is 0 Å². The van der Waals surface area contributed by atoms with E-state index < -0.39 is 0 Å². The first-order valence-corrected chi connectivity index (χ1v) is 4.78. The molecule has 0 spiro atoms. The predicted octanol–water partition coefficient (Wildman–Crippen LogP) is 0.847. The van der Waals surface area contributed by atoms with Crippen molar-refractivity contribution < 1.29 is 0 Å². The third kappa shape index (κ3) is 1.76. The minimum absolute atomic E-state index is 0.569. The molecular formula is C8H10N4S. The summed E-state index contributed by atoms with van der Waals surface area (Å²) < 4.78 is 5.91. The Balaban J connectivity index is 2.18. The highest BCUT2D eigenvalue weighted by Gasteiger charge is 2.01. The largest absolute Gasteiger partial charge is 0.345 e. The lowest BCUT2D eigenvalue weighted by atomic mass is 10.4. The molecule has 0 aliphatic heterocycles. The van der Waals surface area contributed by atoms with Gasteiger partial charge in [-0.05, 0) is 23.7 Å². The van der Waals surface area contributed by atoms with Gasteiger partial charge in [0.25, 0.3) is 0 Å². The highest BCUT2D eigenvalue weighted by atomic mass is 32.1. The Morgan fingerprint density at radius 1 is 1.54 bits per heavy atom. The molecule has 5 heteroatoms. The van der Waals surface area contributed by atoms with Crippen LogP contribution in [0.4, 0.5) is 0 Å². The van der Waals surface area contributed by atoms with E-state index in [1.807, 2.05) is 18.3 Å². The molecule has 2 heterocycles. The average molecular weight is 194 g/mol. The summed E-state index contributed by atoms with van der Waals surface area (Å²) >= 11 is 1.42. The second-order valence-electron chi connectivity index (χ2n) is 2.72. The topological polar surface area (TPSA) is 56.7 Å². The van der Waals surface area contributed by atoms with Crippen LogP contribution in [0.25, 0.3) is 0 Å². The van der Waals surface area contributed by atoms with E-state index in [-0.39, 0.29) is 0 Å². The summed E-state index contributed by atoms with van der Waals surface area (Å²) in [6.45, 7) is 1.39. The molecule has 0 saturated heterocycles. The molecule has 0 aromatic carbocycles. The average Bonchev–Trinajstić information content (AvgIpc) is 2.76. The van der Waals surface area contributed by atoms with Gasteiger partial charge < -0.3 is 10.3 Å². The van der Waals surface area contributed by atoms with Gasteiger partial charge in [-0.3, -0.25) is 0 Å². The van der Waals surface area contributed by atoms with Gasteiger partial charge in [-0.25, -0.2) is 0 Å². The van der Waals surface area contributed by atoms with Crippen LogP contribution in [0, 0.1) is 0 Å². The molecule has 0 fully saturated rings. The van der Waals surface area contributed by atoms with Gasteiger partial charge in [0, 0.05) is 18.4 Å². The zero-order chi connectivity index (χ0) is 9.10. The zero-order valence-corrected chi connectivity index (χ0v) is 7.87. The Bertz CT molecular complexity index is 365. The van der Waals surface area contributed by atoms with Crippen molar-refractivity contribution >= 4 is 11.5 Å². The van der Waals surface area contributed by atoms with Gasteiger partial charge in [0.15, 0.2) is 0 Å². The van der Waals surface area contributed by atoms with Crippen LogP contribution in [0.2, 0.25) is 0 Å². The van der Waals surface area contributed by atoms with Crippen LogP contribution < -0.4 is 5.73 Å². The Morgan fingerprint density at radius 3 is 3.15 bits per heavy atom. The zero-order valence-electron chi connectivity index (χ0n) is 7.05. The maximum absolute atomic E-state index is 5.58. The summed E-state index contributed by atoms with van der Waals surface area (Å²) in [5, 5.41) is 3.78. The van der Waals surface area contributed by atoms with E-state index in [0.29, 0.717) is 6.54 Å². The molecule has 2 aromatic heterocycles. The molecule has 2 aromatic rings. The third-order valence-corrected chi connectivity index (χ3v) is 2.51. The summed E-state index contributed by atoms with van der Waals surface area (Å²) in [5.74, 6) is 0. The highest BCUT2D eigenvalue weighted by Crippen LogP contribution is 2.08. The summed E-state index contributed by atoms with van der Waals surface area (Å²) in [7, 11) is 0. The number of rotatable bonds is 3. The van der Waals surface area contributed by atoms with E-state index >= 15 is 0 Å². The molecule has 0 bridgehead atoms. The molecule has 2 N–H and O–H groups in total. The third-order valence-electron chi connectivity index (χ3n) is 1.87. The highest BCUT2D eigenvalue weighted by molar-refractivity contribution is 7.05. The molecule has 13 heavy (non-hydrogen) atoms. The quantitative estimate of drug-likeness (QED) is 0.788. The fraction of sp³-hybridized carbons (Fsp3) is 0.250. The maximum Gasteiger partial charge on any atom is 0.0671 e. The summed E-state index contributed by atoms with van der Waals surface area (Å²) in [6.07, 6.45) is 3.80. The van der Waals surface area contributed by atoms with Gasteiger partial charge in [0.05, 0.1) is 17.6 Å². The van der Waals surface area contributed by atoms with Crippen molar-refractivity contribution in [3.8, 4) is 0 Å². The van der Waals surface area contributed by atoms with Crippen molar-refractivity contribution in [1.29, 1.82) is 0 Å². The van der Waals surface area contributed by atoms with Gasteiger partial charge in [-0.1, -0.05) is 4.49 Å². The number of nitrogens with two attached hydrogens (primary N) is 1. The number of aromatic nitrogens is 3. The second kappa shape index (κ2) is 3.68. The fourth-order valence-electron chi connectivity index (χ4n) is 1.21. The van der Waals surface area contributed by atoms with Crippen LogP contribution in [-0.4, -0.2) is 14.2 Å². The van der Waals surface area contributed by atoms with Crippen molar-refractivity contribution in [2.45, 2.75) is 13.1 Å². The Morgan fingerprint density at radius 2 is 2.46 bits per heavy atom. The molecule has 0 saturated carbocycles. The van der Waals surface area contributed by atoms with Crippen molar-refractivity contribution in [2.75, 3.05) is 0 Å². The Hall–Kier alpha value is -1.20. The standard InChI is InChI=1S/C8H10N4S/c9-4-7-2-1-3-12(7)6-8-5-10-11-13-8/h1-3,5H,4,6,9H2. The molecule has 4 nitrogen and oxygen atoms in total. The molecule has 2 rings (SSSR count). The van der Waals surface area contributed by atoms with Crippen LogP contribution in [0.1, 0.15) is 10.6 Å². The van der Waals surface area contributed by atoms with Crippen LogP contribution >= 0.6 is 11.5 Å². The van der Waals surface area contributed by atoms with Gasteiger partial charge in [-0.2, -0.15) is 0 Å². The lowest BCUT2D eigenvalue weighted by Gasteiger charge is -2.04. The van der Waals surface area contributed by atoms with Crippen molar-refractivity contribution in [1.82, 2.24) is 14.2 Å². The first kappa shape index (κ1) is 8.40. The second-order valence-corrected chi connectivity index (χ2v) is 3.59. The van der Waals surface area contributed by atoms with E-state index in [1.54, 1.807) is 6.20 Å². The Kier molecular flexibility index (Phi) is 2.37. The number of hydrogen-bond donors (Lipinski definition) is 1. The first-order valence-electron chi connectivity index (χ1n) is 4.00. The van der Waals surface area contributed by atoms with Crippen molar-refractivity contribution in [3.05, 3.63) is 35.1 Å². The summed E-state index contributed by atoms with van der Waals surface area (Å²) in [6, 6.07) is 4.02. The molecule has 0 aliphatic carbocycles. The first-order chi connectivity index (χ1) is 6.40. The smallest absolute Gasteiger partial charge is 0.0671 e. The van der Waals surface area contributed by atoms with E-state index in [2.05, 4.69) is 14.2 Å². The van der Waals surface area contributed by atoms with Gasteiger partial charge in [0.2, 0.25) is 0 Å². The number of hydrogen-bond acceptors (Lipinski definition) is 4. The van der Waals surface area contributed by atoms with Gasteiger partial charge in [-0.15, -0.1) is 5.10 Å². The number of nitrogens with zero attached hydrogens (tertiary/aromatic N) is 3. The lowest BCUT2D eigenvalue weighted by molar-refractivity contribution is 0.751. The maximum atomic E-state index is 5.58. The van der Waals surface area contributed by atoms with E-state index in [1.165, 1.54) is 11.5 Å².